The van der Waals surface area contributed by atoms with Gasteiger partial charge in [0.2, 0.25) is 0 Å². The Hall–Kier alpha value is -1.10. The van der Waals surface area contributed by atoms with Crippen LogP contribution in [0.5, 0.6) is 5.75 Å². The van der Waals surface area contributed by atoms with E-state index in [2.05, 4.69) is 48.8 Å². The first-order valence-electron chi connectivity index (χ1n) is 8.74. The van der Waals surface area contributed by atoms with Gasteiger partial charge in [-0.25, -0.2) is 0 Å². The van der Waals surface area contributed by atoms with Crippen LogP contribution in [0.4, 0.5) is 0 Å². The SMILES string of the molecule is COc1ccc(CN2CCN(CC(C)C)C(CCO)C2)cc1C. The third-order valence-corrected chi connectivity index (χ3v) is 4.62. The lowest BCUT2D eigenvalue weighted by atomic mass is 10.0. The molecule has 1 saturated heterocycles. The maximum atomic E-state index is 9.38. The lowest BCUT2D eigenvalue weighted by Gasteiger charge is -2.42. The Labute approximate surface area is 141 Å². The lowest BCUT2D eigenvalue weighted by Crippen LogP contribution is -2.53. The van der Waals surface area contributed by atoms with Crippen LogP contribution in [0.3, 0.4) is 0 Å². The maximum Gasteiger partial charge on any atom is 0.121 e. The van der Waals surface area contributed by atoms with Crippen LogP contribution in [-0.2, 0) is 6.54 Å². The minimum atomic E-state index is 0.273. The molecule has 1 fully saturated rings. The zero-order valence-electron chi connectivity index (χ0n) is 15.1. The molecule has 1 N–H and O–H groups in total. The highest BCUT2D eigenvalue weighted by atomic mass is 16.5. The molecule has 1 atom stereocenters. The van der Waals surface area contributed by atoms with Crippen molar-refractivity contribution in [1.29, 1.82) is 0 Å². The standard InChI is InChI=1S/C19H32N2O2/c1-15(2)12-21-9-8-20(14-18(21)7-10-22)13-17-5-6-19(23-4)16(3)11-17/h5-6,11,15,18,22H,7-10,12-14H2,1-4H3. The van der Waals surface area contributed by atoms with Gasteiger partial charge in [-0.1, -0.05) is 26.0 Å². The molecule has 130 valence electrons. The first kappa shape index (κ1) is 18.2. The second-order valence-corrected chi connectivity index (χ2v) is 7.09. The molecule has 1 unspecified atom stereocenters. The molecule has 1 aromatic rings. The number of aryl methyl sites for hydroxylation is 1. The minimum absolute atomic E-state index is 0.273. The zero-order valence-corrected chi connectivity index (χ0v) is 15.1. The van der Waals surface area contributed by atoms with E-state index >= 15 is 0 Å². The summed E-state index contributed by atoms with van der Waals surface area (Å²) in [5, 5.41) is 9.38. The highest BCUT2D eigenvalue weighted by molar-refractivity contribution is 5.36. The Balaban J connectivity index is 1.97. The molecule has 2 rings (SSSR count). The summed E-state index contributed by atoms with van der Waals surface area (Å²) in [5.41, 5.74) is 2.53. The maximum absolute atomic E-state index is 9.38. The number of piperazine rings is 1. The molecule has 4 nitrogen and oxygen atoms in total. The summed E-state index contributed by atoms with van der Waals surface area (Å²) in [6.07, 6.45) is 0.866. The smallest absolute Gasteiger partial charge is 0.121 e. The molecule has 4 heteroatoms. The van der Waals surface area contributed by atoms with Gasteiger partial charge in [-0.15, -0.1) is 0 Å². The van der Waals surface area contributed by atoms with E-state index in [9.17, 15) is 5.11 Å². The molecule has 0 aromatic heterocycles. The number of aliphatic hydroxyl groups excluding tert-OH is 1. The fourth-order valence-corrected chi connectivity index (χ4v) is 3.53. The largest absolute Gasteiger partial charge is 0.496 e. The van der Waals surface area contributed by atoms with Crippen LogP contribution in [0.15, 0.2) is 18.2 Å². The van der Waals surface area contributed by atoms with Crippen molar-refractivity contribution in [2.24, 2.45) is 5.92 Å². The normalized spacial score (nSPS) is 20.2. The number of hydrogen-bond donors (Lipinski definition) is 1. The van der Waals surface area contributed by atoms with Crippen LogP contribution < -0.4 is 4.74 Å². The van der Waals surface area contributed by atoms with Gasteiger partial charge in [-0.05, 0) is 36.5 Å². The molecule has 0 amide bonds. The van der Waals surface area contributed by atoms with Gasteiger partial charge in [0.25, 0.3) is 0 Å². The summed E-state index contributed by atoms with van der Waals surface area (Å²) < 4.78 is 5.34. The number of aliphatic hydroxyl groups is 1. The molecular weight excluding hydrogens is 288 g/mol. The molecule has 0 bridgehead atoms. The molecule has 1 aromatic carbocycles. The summed E-state index contributed by atoms with van der Waals surface area (Å²) in [4.78, 5) is 5.06. The number of ether oxygens (including phenoxy) is 1. The van der Waals surface area contributed by atoms with Crippen LogP contribution in [0.1, 0.15) is 31.4 Å². The van der Waals surface area contributed by atoms with Crippen molar-refractivity contribution in [2.45, 2.75) is 39.8 Å². The molecule has 1 heterocycles. The van der Waals surface area contributed by atoms with Crippen molar-refractivity contribution < 1.29 is 9.84 Å². The van der Waals surface area contributed by atoms with Crippen molar-refractivity contribution in [3.63, 3.8) is 0 Å². The topological polar surface area (TPSA) is 35.9 Å². The summed E-state index contributed by atoms with van der Waals surface area (Å²) in [6.45, 7) is 12.2. The summed E-state index contributed by atoms with van der Waals surface area (Å²) in [5.74, 6) is 1.63. The van der Waals surface area contributed by atoms with E-state index in [0.29, 0.717) is 12.0 Å². The summed E-state index contributed by atoms with van der Waals surface area (Å²) in [6, 6.07) is 6.91. The number of hydrogen-bond acceptors (Lipinski definition) is 4. The van der Waals surface area contributed by atoms with Gasteiger partial charge in [0.1, 0.15) is 5.75 Å². The van der Waals surface area contributed by atoms with E-state index in [1.165, 1.54) is 11.1 Å². The van der Waals surface area contributed by atoms with Crippen molar-refractivity contribution in [3.05, 3.63) is 29.3 Å². The third-order valence-electron chi connectivity index (χ3n) is 4.62. The van der Waals surface area contributed by atoms with Crippen LogP contribution in [0, 0.1) is 12.8 Å². The van der Waals surface area contributed by atoms with Gasteiger partial charge in [0.15, 0.2) is 0 Å². The summed E-state index contributed by atoms with van der Waals surface area (Å²) in [7, 11) is 1.72. The van der Waals surface area contributed by atoms with E-state index in [0.717, 1.165) is 44.9 Å². The van der Waals surface area contributed by atoms with E-state index in [-0.39, 0.29) is 6.61 Å². The van der Waals surface area contributed by atoms with Crippen LogP contribution in [-0.4, -0.2) is 60.8 Å². The van der Waals surface area contributed by atoms with Gasteiger partial charge >= 0.3 is 0 Å². The summed E-state index contributed by atoms with van der Waals surface area (Å²) >= 11 is 0. The van der Waals surface area contributed by atoms with Crippen molar-refractivity contribution >= 4 is 0 Å². The van der Waals surface area contributed by atoms with Crippen molar-refractivity contribution in [1.82, 2.24) is 9.80 Å². The van der Waals surface area contributed by atoms with E-state index < -0.39 is 0 Å². The molecular formula is C19H32N2O2. The second-order valence-electron chi connectivity index (χ2n) is 7.09. The molecule has 0 aliphatic carbocycles. The molecule has 1 aliphatic rings. The monoisotopic (exact) mass is 320 g/mol. The van der Waals surface area contributed by atoms with Gasteiger partial charge in [-0.2, -0.15) is 0 Å². The zero-order chi connectivity index (χ0) is 16.8. The van der Waals surface area contributed by atoms with Gasteiger partial charge in [-0.3, -0.25) is 9.80 Å². The lowest BCUT2D eigenvalue weighted by molar-refractivity contribution is 0.0477. The Morgan fingerprint density at radius 1 is 1.30 bits per heavy atom. The van der Waals surface area contributed by atoms with Crippen LogP contribution in [0.25, 0.3) is 0 Å². The molecule has 0 spiro atoms. The minimum Gasteiger partial charge on any atom is -0.496 e. The van der Waals surface area contributed by atoms with Crippen molar-refractivity contribution in [2.75, 3.05) is 39.9 Å². The van der Waals surface area contributed by atoms with Crippen LogP contribution >= 0.6 is 0 Å². The van der Waals surface area contributed by atoms with Crippen LogP contribution in [0.2, 0.25) is 0 Å². The molecule has 23 heavy (non-hydrogen) atoms. The fraction of sp³-hybridized carbons (Fsp3) is 0.684. The van der Waals surface area contributed by atoms with Gasteiger partial charge < -0.3 is 9.84 Å². The van der Waals surface area contributed by atoms with Gasteiger partial charge in [0.05, 0.1) is 7.11 Å². The molecule has 1 aliphatic heterocycles. The molecule has 0 radical (unpaired) electrons. The van der Waals surface area contributed by atoms with E-state index in [1.807, 2.05) is 0 Å². The quantitative estimate of drug-likeness (QED) is 0.837. The fourth-order valence-electron chi connectivity index (χ4n) is 3.53. The predicted octanol–water partition coefficient (Wildman–Crippen LogP) is 2.53. The number of benzene rings is 1. The van der Waals surface area contributed by atoms with E-state index in [1.54, 1.807) is 7.11 Å². The number of methoxy groups -OCH3 is 1. The first-order chi connectivity index (χ1) is 11.0. The highest BCUT2D eigenvalue weighted by Gasteiger charge is 2.26. The Kier molecular flexibility index (Phi) is 6.88. The predicted molar refractivity (Wildman–Crippen MR) is 94.9 cm³/mol. The molecule has 0 saturated carbocycles. The third kappa shape index (κ3) is 5.20. The second kappa shape index (κ2) is 8.67. The first-order valence-corrected chi connectivity index (χ1v) is 8.74. The Morgan fingerprint density at radius 3 is 2.70 bits per heavy atom. The Bertz CT molecular complexity index is 490. The Morgan fingerprint density at radius 2 is 2.09 bits per heavy atom. The average Bonchev–Trinajstić information content (AvgIpc) is 2.50. The van der Waals surface area contributed by atoms with E-state index in [4.69, 9.17) is 4.74 Å². The number of rotatable bonds is 7. The highest BCUT2D eigenvalue weighted by Crippen LogP contribution is 2.21. The average molecular weight is 320 g/mol. The van der Waals surface area contributed by atoms with Gasteiger partial charge in [0, 0.05) is 45.4 Å². The van der Waals surface area contributed by atoms with Crippen molar-refractivity contribution in [3.8, 4) is 5.75 Å². The number of nitrogens with zero attached hydrogens (tertiary/aromatic N) is 2.